The van der Waals surface area contributed by atoms with E-state index in [1.54, 1.807) is 36.3 Å². The first-order valence-corrected chi connectivity index (χ1v) is 11.6. The summed E-state index contributed by atoms with van der Waals surface area (Å²) in [7, 11) is 3.49. The van der Waals surface area contributed by atoms with Crippen LogP contribution >= 0.6 is 0 Å². The number of carbonyl (C=O) groups excluding carboxylic acids is 2. The Kier molecular flexibility index (Phi) is 6.85. The van der Waals surface area contributed by atoms with Gasteiger partial charge in [-0.3, -0.25) is 9.59 Å². The zero-order valence-corrected chi connectivity index (χ0v) is 20.6. The Morgan fingerprint density at radius 2 is 1.69 bits per heavy atom. The average Bonchev–Trinajstić information content (AvgIpc) is 3.01. The molecule has 0 spiro atoms. The number of nitrogens with zero attached hydrogens (tertiary/aromatic N) is 4. The smallest absolute Gasteiger partial charge is 0.422 e. The molecule has 0 N–H and O–H groups in total. The highest BCUT2D eigenvalue weighted by Gasteiger charge is 2.49. The van der Waals surface area contributed by atoms with Crippen LogP contribution in [0.4, 0.5) is 18.9 Å². The molecule has 11 heteroatoms. The lowest BCUT2D eigenvalue weighted by Crippen LogP contribution is -2.37. The summed E-state index contributed by atoms with van der Waals surface area (Å²) in [6.45, 7) is 2.81. The summed E-state index contributed by atoms with van der Waals surface area (Å²) in [5.41, 5.74) is 0.00801. The molecule has 2 aliphatic rings. The van der Waals surface area contributed by atoms with E-state index >= 15 is 0 Å². The van der Waals surface area contributed by atoms with Gasteiger partial charge in [0.05, 0.1) is 18.1 Å². The minimum Gasteiger partial charge on any atom is -0.484 e. The molecule has 2 fully saturated rings. The largest absolute Gasteiger partial charge is 0.484 e. The van der Waals surface area contributed by atoms with Crippen molar-refractivity contribution in [1.82, 2.24) is 14.9 Å². The van der Waals surface area contributed by atoms with Crippen LogP contribution in [0, 0.1) is 11.3 Å². The highest BCUT2D eigenvalue weighted by atomic mass is 19.4. The molecule has 2 aromatic rings. The Morgan fingerprint density at radius 3 is 2.25 bits per heavy atom. The van der Waals surface area contributed by atoms with Crippen LogP contribution in [0.3, 0.4) is 0 Å². The molecule has 36 heavy (non-hydrogen) atoms. The Morgan fingerprint density at radius 1 is 1.11 bits per heavy atom. The van der Waals surface area contributed by atoms with Crippen LogP contribution in [0.5, 0.6) is 11.5 Å². The summed E-state index contributed by atoms with van der Waals surface area (Å²) in [6, 6.07) is 5.69. The van der Waals surface area contributed by atoms with Gasteiger partial charge in [-0.15, -0.1) is 0 Å². The normalized spacial score (nSPS) is 23.2. The highest BCUT2D eigenvalue weighted by Crippen LogP contribution is 2.41. The van der Waals surface area contributed by atoms with Crippen molar-refractivity contribution >= 4 is 17.5 Å². The fourth-order valence-electron chi connectivity index (χ4n) is 4.47. The monoisotopic (exact) mass is 506 g/mol. The molecule has 1 unspecified atom stereocenters. The van der Waals surface area contributed by atoms with Crippen molar-refractivity contribution in [2.45, 2.75) is 44.9 Å². The van der Waals surface area contributed by atoms with Gasteiger partial charge in [-0.05, 0) is 37.1 Å². The third kappa shape index (κ3) is 5.55. The van der Waals surface area contributed by atoms with E-state index in [2.05, 4.69) is 9.97 Å². The average molecular weight is 507 g/mol. The third-order valence-electron chi connectivity index (χ3n) is 6.51. The minimum absolute atomic E-state index is 0.00240. The van der Waals surface area contributed by atoms with E-state index in [0.717, 1.165) is 0 Å². The first kappa shape index (κ1) is 25.7. The molecule has 194 valence electrons. The molecule has 8 nitrogen and oxygen atoms in total. The van der Waals surface area contributed by atoms with E-state index in [1.165, 1.54) is 24.3 Å². The number of hydrogen-bond donors (Lipinski definition) is 0. The van der Waals surface area contributed by atoms with E-state index < -0.39 is 24.3 Å². The second-order valence-electron chi connectivity index (χ2n) is 10.2. The standard InChI is InChI=1S/C25H29F3N4O4/c1-24(2)13-32(17-11-29-21(30-12-17)15-9-16(10-15)22(33)31(3)4)23(34)20(24)36-19-7-5-18(6-8-19)35-14-25(26,27)28/h5-8,11-12,15-16,20H,9-10,13-14H2,1-4H3. The van der Waals surface area contributed by atoms with Crippen LogP contribution in [0.15, 0.2) is 36.7 Å². The summed E-state index contributed by atoms with van der Waals surface area (Å²) in [5, 5.41) is 0. The Balaban J connectivity index is 1.38. The maximum absolute atomic E-state index is 13.2. The Hall–Kier alpha value is -3.37. The Bertz CT molecular complexity index is 1100. The van der Waals surface area contributed by atoms with Crippen molar-refractivity contribution in [3.8, 4) is 11.5 Å². The summed E-state index contributed by atoms with van der Waals surface area (Å²) in [5.74, 6) is 1.04. The van der Waals surface area contributed by atoms with Gasteiger partial charge < -0.3 is 19.3 Å². The number of benzene rings is 1. The maximum atomic E-state index is 13.2. The molecule has 1 atom stereocenters. The van der Waals surface area contributed by atoms with Crippen molar-refractivity contribution in [2.75, 3.05) is 32.1 Å². The number of alkyl halides is 3. The second-order valence-corrected chi connectivity index (χ2v) is 10.2. The number of halogens is 3. The highest BCUT2D eigenvalue weighted by molar-refractivity contribution is 5.99. The molecule has 2 heterocycles. The maximum Gasteiger partial charge on any atom is 0.422 e. The number of aromatic nitrogens is 2. The fraction of sp³-hybridized carbons (Fsp3) is 0.520. The lowest BCUT2D eigenvalue weighted by atomic mass is 9.73. The van der Waals surface area contributed by atoms with E-state index in [1.807, 2.05) is 13.8 Å². The lowest BCUT2D eigenvalue weighted by Gasteiger charge is -2.34. The number of amides is 2. The number of rotatable bonds is 7. The molecule has 4 rings (SSSR count). The van der Waals surface area contributed by atoms with Gasteiger partial charge in [-0.2, -0.15) is 13.2 Å². The zero-order valence-electron chi connectivity index (χ0n) is 20.6. The number of carbonyl (C=O) groups is 2. The van der Waals surface area contributed by atoms with Crippen LogP contribution < -0.4 is 14.4 Å². The molecule has 1 aromatic heterocycles. The van der Waals surface area contributed by atoms with Gasteiger partial charge in [-0.1, -0.05) is 13.8 Å². The van der Waals surface area contributed by atoms with Gasteiger partial charge in [0.25, 0.3) is 5.91 Å². The van der Waals surface area contributed by atoms with Crippen LogP contribution in [-0.4, -0.2) is 66.2 Å². The van der Waals surface area contributed by atoms with Gasteiger partial charge in [0.1, 0.15) is 17.3 Å². The fourth-order valence-corrected chi connectivity index (χ4v) is 4.47. The molecule has 1 aliphatic heterocycles. The first-order chi connectivity index (χ1) is 16.8. The first-order valence-electron chi connectivity index (χ1n) is 11.6. The van der Waals surface area contributed by atoms with Crippen LogP contribution in [0.25, 0.3) is 0 Å². The second kappa shape index (κ2) is 9.59. The third-order valence-corrected chi connectivity index (χ3v) is 6.51. The molecule has 2 amide bonds. The van der Waals surface area contributed by atoms with Crippen molar-refractivity contribution in [2.24, 2.45) is 11.3 Å². The summed E-state index contributed by atoms with van der Waals surface area (Å²) in [4.78, 5) is 37.4. The van der Waals surface area contributed by atoms with Gasteiger partial charge >= 0.3 is 6.18 Å². The molecule has 1 aliphatic carbocycles. The van der Waals surface area contributed by atoms with E-state index in [0.29, 0.717) is 36.6 Å². The summed E-state index contributed by atoms with van der Waals surface area (Å²) in [6.07, 6.45) is -0.571. The van der Waals surface area contributed by atoms with Gasteiger partial charge in [0.2, 0.25) is 5.91 Å². The van der Waals surface area contributed by atoms with Crippen LogP contribution in [0.2, 0.25) is 0 Å². The van der Waals surface area contributed by atoms with Crippen molar-refractivity contribution in [1.29, 1.82) is 0 Å². The quantitative estimate of drug-likeness (QED) is 0.568. The molecule has 0 bridgehead atoms. The summed E-state index contributed by atoms with van der Waals surface area (Å²) < 4.78 is 47.7. The van der Waals surface area contributed by atoms with Gasteiger partial charge in [0, 0.05) is 37.9 Å². The van der Waals surface area contributed by atoms with Gasteiger partial charge in [-0.25, -0.2) is 9.97 Å². The molecular formula is C25H29F3N4O4. The van der Waals surface area contributed by atoms with Crippen molar-refractivity contribution in [3.63, 3.8) is 0 Å². The van der Waals surface area contributed by atoms with E-state index in [-0.39, 0.29) is 29.4 Å². The number of anilines is 1. The SMILES string of the molecule is CN(C)C(=O)C1CC(c2ncc(N3CC(C)(C)C(Oc4ccc(OCC(F)(F)F)cc4)C3=O)cn2)C1. The number of ether oxygens (including phenoxy) is 2. The molecule has 1 saturated carbocycles. The van der Waals surface area contributed by atoms with E-state index in [9.17, 15) is 22.8 Å². The number of hydrogen-bond acceptors (Lipinski definition) is 6. The predicted molar refractivity (Wildman–Crippen MR) is 125 cm³/mol. The van der Waals surface area contributed by atoms with E-state index in [4.69, 9.17) is 9.47 Å². The summed E-state index contributed by atoms with van der Waals surface area (Å²) >= 11 is 0. The Labute approximate surface area is 207 Å². The molecule has 1 saturated heterocycles. The van der Waals surface area contributed by atoms with Crippen LogP contribution in [-0.2, 0) is 9.59 Å². The topological polar surface area (TPSA) is 84.9 Å². The lowest BCUT2D eigenvalue weighted by molar-refractivity contribution is -0.153. The van der Waals surface area contributed by atoms with Crippen molar-refractivity contribution < 1.29 is 32.2 Å². The van der Waals surface area contributed by atoms with Gasteiger partial charge in [0.15, 0.2) is 12.7 Å². The van der Waals surface area contributed by atoms with Crippen LogP contribution in [0.1, 0.15) is 38.4 Å². The molecule has 0 radical (unpaired) electrons. The molecule has 1 aromatic carbocycles. The van der Waals surface area contributed by atoms with Crippen molar-refractivity contribution in [3.05, 3.63) is 42.5 Å². The minimum atomic E-state index is -4.42. The molecular weight excluding hydrogens is 477 g/mol. The predicted octanol–water partition coefficient (Wildman–Crippen LogP) is 3.82. The zero-order chi connectivity index (χ0) is 26.3.